The topological polar surface area (TPSA) is 86.7 Å². The van der Waals surface area contributed by atoms with Gasteiger partial charge >= 0.3 is 5.97 Å². The van der Waals surface area contributed by atoms with Crippen LogP contribution in [-0.2, 0) is 14.6 Å². The molecule has 2 N–H and O–H groups in total. The summed E-state index contributed by atoms with van der Waals surface area (Å²) < 4.78 is 22.2. The third kappa shape index (κ3) is 6.76. The maximum atomic E-state index is 11.6. The standard InChI is InChI=1S/C14H28N2O4S/c1-4-14(13(17)18,15-12-6-7-12)8-5-9-16(2)10-11-21(3,19)20/h12,15H,4-11H2,1-3H3,(H,17,18). The van der Waals surface area contributed by atoms with Crippen molar-refractivity contribution in [3.05, 3.63) is 0 Å². The van der Waals surface area contributed by atoms with Crippen LogP contribution in [0.4, 0.5) is 0 Å². The lowest BCUT2D eigenvalue weighted by Gasteiger charge is -2.30. The van der Waals surface area contributed by atoms with Crippen molar-refractivity contribution in [1.82, 2.24) is 10.2 Å². The fraction of sp³-hybridized carbons (Fsp3) is 0.929. The van der Waals surface area contributed by atoms with Gasteiger partial charge < -0.3 is 10.0 Å². The number of sulfone groups is 1. The maximum absolute atomic E-state index is 11.6. The Hall–Kier alpha value is -0.660. The van der Waals surface area contributed by atoms with Crippen molar-refractivity contribution in [3.8, 4) is 0 Å². The minimum absolute atomic E-state index is 0.141. The van der Waals surface area contributed by atoms with Crippen LogP contribution < -0.4 is 5.32 Å². The third-order valence-corrected chi connectivity index (χ3v) is 4.98. The molecular formula is C14H28N2O4S. The molecule has 1 aliphatic carbocycles. The monoisotopic (exact) mass is 320 g/mol. The summed E-state index contributed by atoms with van der Waals surface area (Å²) in [6, 6.07) is 0.351. The summed E-state index contributed by atoms with van der Waals surface area (Å²) in [4.78, 5) is 13.5. The van der Waals surface area contributed by atoms with E-state index in [4.69, 9.17) is 0 Å². The third-order valence-electron chi connectivity index (χ3n) is 4.06. The highest BCUT2D eigenvalue weighted by Crippen LogP contribution is 2.27. The van der Waals surface area contributed by atoms with Gasteiger partial charge in [0.05, 0.1) is 5.75 Å². The minimum Gasteiger partial charge on any atom is -0.480 e. The van der Waals surface area contributed by atoms with Crippen LogP contribution in [-0.4, -0.2) is 68.1 Å². The molecule has 6 nitrogen and oxygen atoms in total. The lowest BCUT2D eigenvalue weighted by Crippen LogP contribution is -2.53. The molecule has 0 aromatic carbocycles. The lowest BCUT2D eigenvalue weighted by atomic mass is 9.90. The van der Waals surface area contributed by atoms with Gasteiger partial charge in [0, 0.05) is 18.8 Å². The molecule has 0 aliphatic heterocycles. The van der Waals surface area contributed by atoms with Crippen molar-refractivity contribution in [1.29, 1.82) is 0 Å². The predicted octanol–water partition coefficient (Wildman–Crippen LogP) is 0.728. The number of hydrogen-bond acceptors (Lipinski definition) is 5. The van der Waals surface area contributed by atoms with Crippen LogP contribution in [0.1, 0.15) is 39.0 Å². The summed E-state index contributed by atoms with van der Waals surface area (Å²) in [7, 11) is -1.08. The molecule has 1 unspecified atom stereocenters. The van der Waals surface area contributed by atoms with E-state index in [1.165, 1.54) is 6.26 Å². The van der Waals surface area contributed by atoms with Gasteiger partial charge in [-0.2, -0.15) is 0 Å². The molecule has 0 aromatic rings. The maximum Gasteiger partial charge on any atom is 0.323 e. The highest BCUT2D eigenvalue weighted by Gasteiger charge is 2.40. The molecule has 1 saturated carbocycles. The number of aliphatic carboxylic acids is 1. The fourth-order valence-electron chi connectivity index (χ4n) is 2.37. The molecule has 0 spiro atoms. The average Bonchev–Trinajstić information content (AvgIpc) is 3.17. The average molecular weight is 320 g/mol. The smallest absolute Gasteiger partial charge is 0.323 e. The van der Waals surface area contributed by atoms with Crippen LogP contribution in [0.2, 0.25) is 0 Å². The molecule has 1 fully saturated rings. The molecule has 0 heterocycles. The summed E-state index contributed by atoms with van der Waals surface area (Å²) in [6.45, 7) is 3.09. The highest BCUT2D eigenvalue weighted by molar-refractivity contribution is 7.90. The minimum atomic E-state index is -2.95. The van der Waals surface area contributed by atoms with Crippen molar-refractivity contribution in [2.24, 2.45) is 0 Å². The van der Waals surface area contributed by atoms with E-state index in [0.717, 1.165) is 19.3 Å². The molecule has 0 radical (unpaired) electrons. The predicted molar refractivity (Wildman–Crippen MR) is 83.3 cm³/mol. The Balaban J connectivity index is 2.40. The Morgan fingerprint density at radius 2 is 2.00 bits per heavy atom. The van der Waals surface area contributed by atoms with Crippen molar-refractivity contribution in [2.75, 3.05) is 32.1 Å². The molecule has 7 heteroatoms. The van der Waals surface area contributed by atoms with Crippen molar-refractivity contribution >= 4 is 15.8 Å². The Kier molecular flexibility index (Phi) is 6.62. The number of rotatable bonds is 11. The summed E-state index contributed by atoms with van der Waals surface area (Å²) in [6.07, 6.45) is 5.21. The van der Waals surface area contributed by atoms with E-state index in [1.807, 2.05) is 18.9 Å². The van der Waals surface area contributed by atoms with E-state index in [-0.39, 0.29) is 5.75 Å². The zero-order valence-electron chi connectivity index (χ0n) is 13.3. The first-order chi connectivity index (χ1) is 9.68. The first-order valence-electron chi connectivity index (χ1n) is 7.56. The molecule has 1 aliphatic rings. The second-order valence-corrected chi connectivity index (χ2v) is 8.46. The Labute approximate surface area is 127 Å². The normalized spacial score (nSPS) is 18.7. The Morgan fingerprint density at radius 3 is 2.43 bits per heavy atom. The van der Waals surface area contributed by atoms with Crippen LogP contribution in [0.25, 0.3) is 0 Å². The van der Waals surface area contributed by atoms with Gasteiger partial charge in [0.25, 0.3) is 0 Å². The molecule has 0 aromatic heterocycles. The van der Waals surface area contributed by atoms with Crippen LogP contribution in [0.15, 0.2) is 0 Å². The van der Waals surface area contributed by atoms with Gasteiger partial charge in [-0.05, 0) is 45.7 Å². The van der Waals surface area contributed by atoms with E-state index >= 15 is 0 Å². The summed E-state index contributed by atoms with van der Waals surface area (Å²) in [5, 5.41) is 12.8. The first kappa shape index (κ1) is 18.4. The molecule has 1 atom stereocenters. The number of nitrogens with one attached hydrogen (secondary N) is 1. The Bertz CT molecular complexity index is 448. The van der Waals surface area contributed by atoms with Gasteiger partial charge in [-0.3, -0.25) is 10.1 Å². The second-order valence-electron chi connectivity index (χ2n) is 6.20. The number of carboxylic acids is 1. The van der Waals surface area contributed by atoms with E-state index in [1.54, 1.807) is 0 Å². The quantitative estimate of drug-likeness (QED) is 0.583. The number of carboxylic acid groups (broad SMARTS) is 1. The van der Waals surface area contributed by atoms with Crippen LogP contribution in [0.5, 0.6) is 0 Å². The summed E-state index contributed by atoms with van der Waals surface area (Å²) >= 11 is 0. The van der Waals surface area contributed by atoms with E-state index in [0.29, 0.717) is 32.0 Å². The SMILES string of the molecule is CCC(CCCN(C)CCS(C)(=O)=O)(NC1CC1)C(=O)O. The van der Waals surface area contributed by atoms with Crippen LogP contribution >= 0.6 is 0 Å². The van der Waals surface area contributed by atoms with Gasteiger partial charge in [-0.1, -0.05) is 6.92 Å². The molecular weight excluding hydrogens is 292 g/mol. The molecule has 21 heavy (non-hydrogen) atoms. The van der Waals surface area contributed by atoms with Crippen LogP contribution in [0, 0.1) is 0 Å². The number of hydrogen-bond donors (Lipinski definition) is 2. The molecule has 0 bridgehead atoms. The molecule has 1 rings (SSSR count). The van der Waals surface area contributed by atoms with Gasteiger partial charge in [0.1, 0.15) is 15.4 Å². The zero-order valence-corrected chi connectivity index (χ0v) is 14.1. The second kappa shape index (κ2) is 7.56. The van der Waals surface area contributed by atoms with Crippen molar-refractivity contribution in [2.45, 2.75) is 50.6 Å². The number of nitrogens with zero attached hydrogens (tertiary/aromatic N) is 1. The number of carbonyl (C=O) groups is 1. The molecule has 0 amide bonds. The van der Waals surface area contributed by atoms with Crippen molar-refractivity contribution < 1.29 is 18.3 Å². The fourth-order valence-corrected chi connectivity index (χ4v) is 3.02. The van der Waals surface area contributed by atoms with Gasteiger partial charge in [0.2, 0.25) is 0 Å². The summed E-state index contributed by atoms with van der Waals surface area (Å²) in [5.41, 5.74) is -0.834. The van der Waals surface area contributed by atoms with Gasteiger partial charge in [-0.15, -0.1) is 0 Å². The zero-order chi connectivity index (χ0) is 16.1. The van der Waals surface area contributed by atoms with Crippen molar-refractivity contribution in [3.63, 3.8) is 0 Å². The lowest BCUT2D eigenvalue weighted by molar-refractivity contribution is -0.145. The molecule has 124 valence electrons. The van der Waals surface area contributed by atoms with Crippen LogP contribution in [0.3, 0.4) is 0 Å². The van der Waals surface area contributed by atoms with E-state index in [9.17, 15) is 18.3 Å². The highest BCUT2D eigenvalue weighted by atomic mass is 32.2. The first-order valence-corrected chi connectivity index (χ1v) is 9.62. The summed E-state index contributed by atoms with van der Waals surface area (Å²) in [5.74, 6) is -0.641. The Morgan fingerprint density at radius 1 is 1.38 bits per heavy atom. The largest absolute Gasteiger partial charge is 0.480 e. The van der Waals surface area contributed by atoms with E-state index in [2.05, 4.69) is 5.32 Å². The van der Waals surface area contributed by atoms with E-state index < -0.39 is 21.3 Å². The van der Waals surface area contributed by atoms with Gasteiger partial charge in [0.15, 0.2) is 0 Å². The molecule has 0 saturated heterocycles. The van der Waals surface area contributed by atoms with Gasteiger partial charge in [-0.25, -0.2) is 8.42 Å².